The highest BCUT2D eigenvalue weighted by molar-refractivity contribution is 6.08. The summed E-state index contributed by atoms with van der Waals surface area (Å²) >= 11 is 0. The Morgan fingerprint density at radius 2 is 1.93 bits per heavy atom. The summed E-state index contributed by atoms with van der Waals surface area (Å²) < 4.78 is 24.9. The zero-order valence-electron chi connectivity index (χ0n) is 16.2. The predicted molar refractivity (Wildman–Crippen MR) is 108 cm³/mol. The van der Waals surface area contributed by atoms with Gasteiger partial charge in [-0.1, -0.05) is 6.08 Å². The van der Waals surface area contributed by atoms with E-state index in [2.05, 4.69) is 11.5 Å². The molecule has 6 heteroatoms. The second kappa shape index (κ2) is 6.88. The van der Waals surface area contributed by atoms with Gasteiger partial charge in [0.05, 0.1) is 0 Å². The summed E-state index contributed by atoms with van der Waals surface area (Å²) in [5.41, 5.74) is 2.10. The number of hydrogen-bond acceptors (Lipinski definition) is 4. The van der Waals surface area contributed by atoms with E-state index in [9.17, 15) is 9.18 Å². The molecular weight excluding hydrogens is 371 g/mol. The Bertz CT molecular complexity index is 982. The molecule has 3 aliphatic rings. The number of ether oxygens (including phenoxy) is 2. The molecule has 0 aliphatic carbocycles. The first-order chi connectivity index (χ1) is 14.1. The van der Waals surface area contributed by atoms with E-state index < -0.39 is 0 Å². The average molecular weight is 394 g/mol. The van der Waals surface area contributed by atoms with Crippen LogP contribution in [-0.4, -0.2) is 43.8 Å². The number of halogens is 1. The molecule has 0 aromatic heterocycles. The summed E-state index contributed by atoms with van der Waals surface area (Å²) in [6.45, 7) is 7.24. The minimum atomic E-state index is -0.256. The van der Waals surface area contributed by atoms with E-state index in [1.807, 2.05) is 6.08 Å². The summed E-state index contributed by atoms with van der Waals surface area (Å²) in [4.78, 5) is 17.5. The van der Waals surface area contributed by atoms with Crippen molar-refractivity contribution in [3.05, 3.63) is 66.0 Å². The fraction of sp³-hybridized carbons (Fsp3) is 0.348. The fourth-order valence-electron chi connectivity index (χ4n) is 4.78. The topological polar surface area (TPSA) is 42.0 Å². The highest BCUT2D eigenvalue weighted by Crippen LogP contribution is 2.48. The van der Waals surface area contributed by atoms with Crippen LogP contribution in [-0.2, 0) is 5.41 Å². The molecule has 3 aliphatic heterocycles. The molecule has 5 nitrogen and oxygen atoms in total. The lowest BCUT2D eigenvalue weighted by Gasteiger charge is -2.39. The predicted octanol–water partition coefficient (Wildman–Crippen LogP) is 3.73. The van der Waals surface area contributed by atoms with Crippen LogP contribution < -0.4 is 14.4 Å². The zero-order valence-corrected chi connectivity index (χ0v) is 16.2. The lowest BCUT2D eigenvalue weighted by atomic mass is 9.74. The second-order valence-corrected chi connectivity index (χ2v) is 7.99. The Kier molecular flexibility index (Phi) is 4.32. The summed E-state index contributed by atoms with van der Waals surface area (Å²) in [6.07, 6.45) is 3.69. The quantitative estimate of drug-likeness (QED) is 0.744. The number of amides is 1. The molecule has 29 heavy (non-hydrogen) atoms. The molecule has 2 aromatic carbocycles. The van der Waals surface area contributed by atoms with Gasteiger partial charge in [0.15, 0.2) is 11.5 Å². The molecule has 1 amide bonds. The molecule has 150 valence electrons. The summed E-state index contributed by atoms with van der Waals surface area (Å²) in [7, 11) is 0. The van der Waals surface area contributed by atoms with E-state index in [4.69, 9.17) is 9.47 Å². The smallest absolute Gasteiger partial charge is 0.258 e. The van der Waals surface area contributed by atoms with Gasteiger partial charge in [-0.3, -0.25) is 9.69 Å². The number of piperidine rings is 1. The fourth-order valence-corrected chi connectivity index (χ4v) is 4.78. The van der Waals surface area contributed by atoms with Gasteiger partial charge in [-0.2, -0.15) is 0 Å². The number of hydrogen-bond donors (Lipinski definition) is 0. The standard InChI is InChI=1S/C23H23FN2O3/c1-2-9-25-10-7-23(8-11-25)14-26(19-5-4-17(24)13-18(19)23)22(27)16-3-6-20-21(12-16)29-15-28-20/h2-6,12-13H,1,7-11,14-15H2. The molecule has 0 unspecified atom stereocenters. The monoisotopic (exact) mass is 394 g/mol. The van der Waals surface area contributed by atoms with Crippen LogP contribution in [0.5, 0.6) is 11.5 Å². The lowest BCUT2D eigenvalue weighted by molar-refractivity contribution is 0.0977. The summed E-state index contributed by atoms with van der Waals surface area (Å²) in [6, 6.07) is 10.0. The highest BCUT2D eigenvalue weighted by Gasteiger charge is 2.46. The van der Waals surface area contributed by atoms with Gasteiger partial charge < -0.3 is 14.4 Å². The molecule has 2 aromatic rings. The van der Waals surface area contributed by atoms with Gasteiger partial charge in [0.25, 0.3) is 5.91 Å². The molecule has 0 saturated carbocycles. The van der Waals surface area contributed by atoms with Crippen LogP contribution in [0.4, 0.5) is 10.1 Å². The van der Waals surface area contributed by atoms with Gasteiger partial charge in [0.2, 0.25) is 6.79 Å². The van der Waals surface area contributed by atoms with Crippen molar-refractivity contribution >= 4 is 11.6 Å². The Labute approximate surface area is 169 Å². The van der Waals surface area contributed by atoms with Gasteiger partial charge in [0, 0.05) is 29.8 Å². The molecular formula is C23H23FN2O3. The molecule has 0 radical (unpaired) electrons. The molecule has 3 heterocycles. The number of likely N-dealkylation sites (tertiary alicyclic amines) is 1. The van der Waals surface area contributed by atoms with Crippen molar-refractivity contribution in [1.82, 2.24) is 4.90 Å². The van der Waals surface area contributed by atoms with Crippen LogP contribution in [0, 0.1) is 5.82 Å². The van der Waals surface area contributed by atoms with Crippen molar-refractivity contribution in [2.24, 2.45) is 0 Å². The summed E-state index contributed by atoms with van der Waals surface area (Å²) in [5.74, 6) is 0.883. The largest absolute Gasteiger partial charge is 0.454 e. The van der Waals surface area contributed by atoms with Crippen molar-refractivity contribution in [2.45, 2.75) is 18.3 Å². The van der Waals surface area contributed by atoms with Crippen LogP contribution in [0.1, 0.15) is 28.8 Å². The maximum atomic E-state index is 14.1. The molecule has 5 rings (SSSR count). The number of rotatable bonds is 3. The van der Waals surface area contributed by atoms with Crippen molar-refractivity contribution < 1.29 is 18.7 Å². The Morgan fingerprint density at radius 3 is 2.72 bits per heavy atom. The SMILES string of the molecule is C=CCN1CCC2(CC1)CN(C(=O)c1ccc3c(c1)OCO3)c1ccc(F)cc12. The van der Waals surface area contributed by atoms with Crippen LogP contribution in [0.2, 0.25) is 0 Å². The van der Waals surface area contributed by atoms with Crippen molar-refractivity contribution in [3.8, 4) is 11.5 Å². The number of anilines is 1. The minimum Gasteiger partial charge on any atom is -0.454 e. The molecule has 1 saturated heterocycles. The zero-order chi connectivity index (χ0) is 20.0. The first kappa shape index (κ1) is 18.2. The third kappa shape index (κ3) is 2.99. The molecule has 0 N–H and O–H groups in total. The number of benzene rings is 2. The Balaban J connectivity index is 1.48. The lowest BCUT2D eigenvalue weighted by Crippen LogP contribution is -2.46. The third-order valence-corrected chi connectivity index (χ3v) is 6.35. The number of carbonyl (C=O) groups excluding carboxylic acids is 1. The van der Waals surface area contributed by atoms with E-state index in [0.717, 1.165) is 43.7 Å². The normalized spacial score (nSPS) is 19.4. The van der Waals surface area contributed by atoms with E-state index in [-0.39, 0.29) is 23.9 Å². The van der Waals surface area contributed by atoms with Gasteiger partial charge >= 0.3 is 0 Å². The second-order valence-electron chi connectivity index (χ2n) is 7.99. The number of nitrogens with zero attached hydrogens (tertiary/aromatic N) is 2. The van der Waals surface area contributed by atoms with E-state index >= 15 is 0 Å². The average Bonchev–Trinajstić information content (AvgIpc) is 3.32. The van der Waals surface area contributed by atoms with E-state index in [0.29, 0.717) is 23.6 Å². The van der Waals surface area contributed by atoms with Crippen LogP contribution >= 0.6 is 0 Å². The highest BCUT2D eigenvalue weighted by atomic mass is 19.1. The number of fused-ring (bicyclic) bond motifs is 3. The van der Waals surface area contributed by atoms with Crippen molar-refractivity contribution in [3.63, 3.8) is 0 Å². The van der Waals surface area contributed by atoms with E-state index in [1.165, 1.54) is 6.07 Å². The Morgan fingerprint density at radius 1 is 1.14 bits per heavy atom. The van der Waals surface area contributed by atoms with E-state index in [1.54, 1.807) is 35.2 Å². The number of carbonyl (C=O) groups is 1. The van der Waals surface area contributed by atoms with Crippen molar-refractivity contribution in [1.29, 1.82) is 0 Å². The Hall–Kier alpha value is -2.86. The van der Waals surface area contributed by atoms with Crippen LogP contribution in [0.15, 0.2) is 49.1 Å². The van der Waals surface area contributed by atoms with Gasteiger partial charge in [-0.25, -0.2) is 4.39 Å². The molecule has 1 spiro atoms. The first-order valence-corrected chi connectivity index (χ1v) is 9.94. The first-order valence-electron chi connectivity index (χ1n) is 9.94. The molecule has 0 bridgehead atoms. The van der Waals surface area contributed by atoms with Gasteiger partial charge in [-0.05, 0) is 67.9 Å². The van der Waals surface area contributed by atoms with Crippen LogP contribution in [0.3, 0.4) is 0 Å². The van der Waals surface area contributed by atoms with Crippen LogP contribution in [0.25, 0.3) is 0 Å². The van der Waals surface area contributed by atoms with Gasteiger partial charge in [-0.15, -0.1) is 6.58 Å². The summed E-state index contributed by atoms with van der Waals surface area (Å²) in [5, 5.41) is 0. The maximum Gasteiger partial charge on any atom is 0.258 e. The minimum absolute atomic E-state index is 0.0958. The maximum absolute atomic E-state index is 14.1. The third-order valence-electron chi connectivity index (χ3n) is 6.35. The van der Waals surface area contributed by atoms with Crippen molar-refractivity contribution in [2.75, 3.05) is 37.9 Å². The molecule has 1 fully saturated rings. The van der Waals surface area contributed by atoms with Gasteiger partial charge in [0.1, 0.15) is 5.82 Å². The molecule has 0 atom stereocenters.